The van der Waals surface area contributed by atoms with Gasteiger partial charge in [-0.3, -0.25) is 4.79 Å². The minimum absolute atomic E-state index is 0.133. The summed E-state index contributed by atoms with van der Waals surface area (Å²) < 4.78 is 5.60. The molecule has 0 fully saturated rings. The number of hydrogen-bond donors (Lipinski definition) is 1. The van der Waals surface area contributed by atoms with E-state index in [0.29, 0.717) is 17.3 Å². The molecular formula is C19H22ClNO2S. The minimum atomic E-state index is -0.577. The summed E-state index contributed by atoms with van der Waals surface area (Å²) in [6.07, 6.45) is -0.577. The van der Waals surface area contributed by atoms with Crippen LogP contribution in [0.1, 0.15) is 18.1 Å². The van der Waals surface area contributed by atoms with Gasteiger partial charge in [-0.1, -0.05) is 53.6 Å². The number of halogens is 1. The van der Waals surface area contributed by atoms with Crippen molar-refractivity contribution in [1.29, 1.82) is 0 Å². The molecule has 0 aliphatic rings. The molecule has 0 heterocycles. The van der Waals surface area contributed by atoms with E-state index >= 15 is 0 Å². The fraction of sp³-hybridized carbons (Fsp3) is 0.316. The van der Waals surface area contributed by atoms with Gasteiger partial charge in [0, 0.05) is 18.1 Å². The molecule has 0 unspecified atom stereocenters. The molecule has 24 heavy (non-hydrogen) atoms. The van der Waals surface area contributed by atoms with E-state index in [-0.39, 0.29) is 5.91 Å². The van der Waals surface area contributed by atoms with Crippen molar-refractivity contribution in [1.82, 2.24) is 5.32 Å². The molecule has 2 aromatic carbocycles. The lowest BCUT2D eigenvalue weighted by Crippen LogP contribution is -2.37. The molecule has 3 nitrogen and oxygen atoms in total. The molecule has 128 valence electrons. The SMILES string of the molecule is Cc1cccc(CSCCNC(=O)[C@H](C)Oc2ccccc2Cl)c1. The van der Waals surface area contributed by atoms with Crippen LogP contribution in [0.25, 0.3) is 0 Å². The number of thioether (sulfide) groups is 1. The number of para-hydroxylation sites is 1. The van der Waals surface area contributed by atoms with E-state index in [9.17, 15) is 4.79 Å². The van der Waals surface area contributed by atoms with Crippen molar-refractivity contribution in [2.75, 3.05) is 12.3 Å². The van der Waals surface area contributed by atoms with E-state index in [1.807, 2.05) is 12.1 Å². The van der Waals surface area contributed by atoms with Gasteiger partial charge in [-0.25, -0.2) is 0 Å². The molecule has 0 aliphatic carbocycles. The highest BCUT2D eigenvalue weighted by Gasteiger charge is 2.15. The Balaban J connectivity index is 1.66. The Morgan fingerprint density at radius 1 is 1.25 bits per heavy atom. The second-order valence-corrected chi connectivity index (χ2v) is 7.04. The number of ether oxygens (including phenoxy) is 1. The maximum atomic E-state index is 12.0. The third-order valence-corrected chi connectivity index (χ3v) is 4.75. The van der Waals surface area contributed by atoms with Crippen molar-refractivity contribution < 1.29 is 9.53 Å². The van der Waals surface area contributed by atoms with E-state index in [4.69, 9.17) is 16.3 Å². The van der Waals surface area contributed by atoms with Crippen LogP contribution < -0.4 is 10.1 Å². The molecule has 0 spiro atoms. The smallest absolute Gasteiger partial charge is 0.260 e. The van der Waals surface area contributed by atoms with Crippen molar-refractivity contribution in [2.24, 2.45) is 0 Å². The first-order chi connectivity index (χ1) is 11.6. The summed E-state index contributed by atoms with van der Waals surface area (Å²) in [5.74, 6) is 2.20. The van der Waals surface area contributed by atoms with Crippen LogP contribution >= 0.6 is 23.4 Å². The highest BCUT2D eigenvalue weighted by molar-refractivity contribution is 7.98. The Morgan fingerprint density at radius 3 is 2.79 bits per heavy atom. The van der Waals surface area contributed by atoms with Crippen LogP contribution in [-0.2, 0) is 10.5 Å². The van der Waals surface area contributed by atoms with Crippen molar-refractivity contribution in [2.45, 2.75) is 25.7 Å². The average Bonchev–Trinajstić information content (AvgIpc) is 2.56. The predicted molar refractivity (Wildman–Crippen MR) is 102 cm³/mol. The first kappa shape index (κ1) is 18.7. The maximum Gasteiger partial charge on any atom is 0.260 e. The van der Waals surface area contributed by atoms with Crippen LogP contribution in [0, 0.1) is 6.92 Å². The Hall–Kier alpha value is -1.65. The van der Waals surface area contributed by atoms with E-state index in [2.05, 4.69) is 36.5 Å². The highest BCUT2D eigenvalue weighted by Crippen LogP contribution is 2.24. The normalized spacial score (nSPS) is 11.8. The summed E-state index contributed by atoms with van der Waals surface area (Å²) in [7, 11) is 0. The number of benzene rings is 2. The monoisotopic (exact) mass is 363 g/mol. The molecule has 0 saturated heterocycles. The Labute approximate surface area is 152 Å². The van der Waals surface area contributed by atoms with Crippen LogP contribution in [-0.4, -0.2) is 24.3 Å². The van der Waals surface area contributed by atoms with Gasteiger partial charge >= 0.3 is 0 Å². The molecule has 0 radical (unpaired) electrons. The zero-order valence-corrected chi connectivity index (χ0v) is 15.5. The van der Waals surface area contributed by atoms with Crippen LogP contribution in [0.15, 0.2) is 48.5 Å². The Morgan fingerprint density at radius 2 is 2.04 bits per heavy atom. The summed E-state index contributed by atoms with van der Waals surface area (Å²) in [6.45, 7) is 4.43. The molecule has 2 aromatic rings. The number of rotatable bonds is 8. The molecule has 2 rings (SSSR count). The van der Waals surface area contributed by atoms with E-state index in [0.717, 1.165) is 11.5 Å². The van der Waals surface area contributed by atoms with Crippen LogP contribution in [0.2, 0.25) is 5.02 Å². The molecular weight excluding hydrogens is 342 g/mol. The molecule has 0 saturated carbocycles. The van der Waals surface area contributed by atoms with Crippen molar-refractivity contribution in [3.63, 3.8) is 0 Å². The predicted octanol–water partition coefficient (Wildman–Crippen LogP) is 4.47. The highest BCUT2D eigenvalue weighted by atomic mass is 35.5. The Bertz CT molecular complexity index is 678. The average molecular weight is 364 g/mol. The van der Waals surface area contributed by atoms with Crippen LogP contribution in [0.4, 0.5) is 0 Å². The first-order valence-corrected chi connectivity index (χ1v) is 9.41. The third-order valence-electron chi connectivity index (χ3n) is 3.41. The molecule has 0 aromatic heterocycles. The zero-order chi connectivity index (χ0) is 17.4. The topological polar surface area (TPSA) is 38.3 Å². The van der Waals surface area contributed by atoms with E-state index in [1.54, 1.807) is 30.8 Å². The van der Waals surface area contributed by atoms with Crippen LogP contribution in [0.5, 0.6) is 5.75 Å². The minimum Gasteiger partial charge on any atom is -0.479 e. The molecule has 1 amide bonds. The molecule has 0 aliphatic heterocycles. The summed E-state index contributed by atoms with van der Waals surface area (Å²) in [5.41, 5.74) is 2.58. The summed E-state index contributed by atoms with van der Waals surface area (Å²) in [6, 6.07) is 15.6. The lowest BCUT2D eigenvalue weighted by Gasteiger charge is -2.15. The van der Waals surface area contributed by atoms with Gasteiger partial charge in [0.15, 0.2) is 6.10 Å². The van der Waals surface area contributed by atoms with Gasteiger partial charge in [0.2, 0.25) is 0 Å². The number of aryl methyl sites for hydroxylation is 1. The van der Waals surface area contributed by atoms with E-state index in [1.165, 1.54) is 11.1 Å². The number of nitrogens with one attached hydrogen (secondary N) is 1. The van der Waals surface area contributed by atoms with Crippen molar-refractivity contribution in [3.8, 4) is 5.75 Å². The fourth-order valence-corrected chi connectivity index (χ4v) is 3.15. The summed E-state index contributed by atoms with van der Waals surface area (Å²) in [5, 5.41) is 3.40. The molecule has 0 bridgehead atoms. The molecule has 1 atom stereocenters. The van der Waals surface area contributed by atoms with Gasteiger partial charge in [0.1, 0.15) is 5.75 Å². The second kappa shape index (κ2) is 9.60. The van der Waals surface area contributed by atoms with Gasteiger partial charge in [0.05, 0.1) is 5.02 Å². The number of carbonyl (C=O) groups excluding carboxylic acids is 1. The molecule has 1 N–H and O–H groups in total. The number of carbonyl (C=O) groups is 1. The third kappa shape index (κ3) is 6.10. The number of hydrogen-bond acceptors (Lipinski definition) is 3. The summed E-state index contributed by atoms with van der Waals surface area (Å²) >= 11 is 7.83. The largest absolute Gasteiger partial charge is 0.479 e. The fourth-order valence-electron chi connectivity index (χ4n) is 2.17. The zero-order valence-electron chi connectivity index (χ0n) is 13.9. The van der Waals surface area contributed by atoms with Gasteiger partial charge in [-0.15, -0.1) is 0 Å². The lowest BCUT2D eigenvalue weighted by atomic mass is 10.2. The van der Waals surface area contributed by atoms with Crippen molar-refractivity contribution >= 4 is 29.3 Å². The van der Waals surface area contributed by atoms with Gasteiger partial charge < -0.3 is 10.1 Å². The van der Waals surface area contributed by atoms with E-state index < -0.39 is 6.10 Å². The van der Waals surface area contributed by atoms with Crippen molar-refractivity contribution in [3.05, 3.63) is 64.7 Å². The Kier molecular flexibility index (Phi) is 7.47. The van der Waals surface area contributed by atoms with Crippen LogP contribution in [0.3, 0.4) is 0 Å². The standard InChI is InChI=1S/C19H22ClNO2S/c1-14-6-5-7-16(12-14)13-24-11-10-21-19(22)15(2)23-18-9-4-3-8-17(18)20/h3-9,12,15H,10-11,13H2,1-2H3,(H,21,22)/t15-/m0/s1. The van der Waals surface area contributed by atoms with Gasteiger partial charge in [0.25, 0.3) is 5.91 Å². The quantitative estimate of drug-likeness (QED) is 0.703. The van der Waals surface area contributed by atoms with Gasteiger partial charge in [-0.05, 0) is 31.5 Å². The number of amides is 1. The lowest BCUT2D eigenvalue weighted by molar-refractivity contribution is -0.127. The second-order valence-electron chi connectivity index (χ2n) is 5.52. The molecule has 5 heteroatoms. The maximum absolute atomic E-state index is 12.0. The summed E-state index contributed by atoms with van der Waals surface area (Å²) in [4.78, 5) is 12.0. The first-order valence-electron chi connectivity index (χ1n) is 7.88. The van der Waals surface area contributed by atoms with Gasteiger partial charge in [-0.2, -0.15) is 11.8 Å².